The molecule has 0 radical (unpaired) electrons. The predicted octanol–water partition coefficient (Wildman–Crippen LogP) is 4.06. The second kappa shape index (κ2) is 8.68. The molecule has 0 atom stereocenters. The first kappa shape index (κ1) is 20.1. The van der Waals surface area contributed by atoms with Crippen molar-refractivity contribution in [3.05, 3.63) is 90.3 Å². The quantitative estimate of drug-likeness (QED) is 0.439. The molecule has 4 aromatic rings. The van der Waals surface area contributed by atoms with Crippen molar-refractivity contribution in [3.8, 4) is 5.69 Å². The fourth-order valence-electron chi connectivity index (χ4n) is 2.76. The van der Waals surface area contributed by atoms with Crippen LogP contribution in [0.5, 0.6) is 0 Å². The summed E-state index contributed by atoms with van der Waals surface area (Å²) < 4.78 is 29.3. The monoisotopic (exact) mass is 437 g/mol. The van der Waals surface area contributed by atoms with E-state index in [4.69, 9.17) is 0 Å². The summed E-state index contributed by atoms with van der Waals surface area (Å²) in [6.45, 7) is 1.92. The first-order chi connectivity index (χ1) is 14.5. The van der Waals surface area contributed by atoms with Gasteiger partial charge in [-0.2, -0.15) is 4.68 Å². The number of hydrogen-bond donors (Lipinski definition) is 1. The Kier molecular flexibility index (Phi) is 5.82. The minimum absolute atomic E-state index is 0.235. The van der Waals surface area contributed by atoms with Gasteiger partial charge in [0.25, 0.3) is 10.0 Å². The molecular weight excluding hydrogens is 418 g/mol. The van der Waals surface area contributed by atoms with E-state index in [2.05, 4.69) is 20.2 Å². The van der Waals surface area contributed by atoms with E-state index in [-0.39, 0.29) is 4.90 Å². The van der Waals surface area contributed by atoms with Gasteiger partial charge in [0.05, 0.1) is 16.3 Å². The van der Waals surface area contributed by atoms with E-state index in [0.717, 1.165) is 22.0 Å². The standard InChI is InChI=1S/C21H19N5O2S2/c1-16-7-13-20(14-8-16)30(27,28)23-17-9-11-19(12-10-17)29-15-21-22-24-25-26(21)18-5-3-2-4-6-18/h2-14,23H,15H2,1H3. The van der Waals surface area contributed by atoms with Gasteiger partial charge in [0, 0.05) is 10.6 Å². The smallest absolute Gasteiger partial charge is 0.261 e. The van der Waals surface area contributed by atoms with Gasteiger partial charge >= 0.3 is 0 Å². The molecule has 0 amide bonds. The molecule has 0 aliphatic carbocycles. The number of aromatic nitrogens is 4. The van der Waals surface area contributed by atoms with Crippen LogP contribution in [0.25, 0.3) is 5.69 Å². The average Bonchev–Trinajstić information content (AvgIpc) is 3.23. The van der Waals surface area contributed by atoms with Crippen LogP contribution in [0.15, 0.2) is 88.7 Å². The van der Waals surface area contributed by atoms with Gasteiger partial charge in [0.2, 0.25) is 0 Å². The van der Waals surface area contributed by atoms with E-state index >= 15 is 0 Å². The first-order valence-corrected chi connectivity index (χ1v) is 11.6. The topological polar surface area (TPSA) is 89.8 Å². The maximum atomic E-state index is 12.5. The van der Waals surface area contributed by atoms with Crippen molar-refractivity contribution in [3.63, 3.8) is 0 Å². The van der Waals surface area contributed by atoms with Crippen molar-refractivity contribution >= 4 is 27.5 Å². The second-order valence-corrected chi connectivity index (χ2v) is 9.31. The highest BCUT2D eigenvalue weighted by Gasteiger charge is 2.14. The van der Waals surface area contributed by atoms with Crippen LogP contribution in [0, 0.1) is 6.92 Å². The number of anilines is 1. The second-order valence-electron chi connectivity index (χ2n) is 6.57. The number of aryl methyl sites for hydroxylation is 1. The molecular formula is C21H19N5O2S2. The molecule has 3 aromatic carbocycles. The largest absolute Gasteiger partial charge is 0.280 e. The summed E-state index contributed by atoms with van der Waals surface area (Å²) in [5.74, 6) is 1.31. The summed E-state index contributed by atoms with van der Waals surface area (Å²) in [6.07, 6.45) is 0. The minimum Gasteiger partial charge on any atom is -0.280 e. The Morgan fingerprint density at radius 1 is 0.933 bits per heavy atom. The lowest BCUT2D eigenvalue weighted by Crippen LogP contribution is -2.12. The van der Waals surface area contributed by atoms with Crippen LogP contribution in [-0.2, 0) is 15.8 Å². The maximum Gasteiger partial charge on any atom is 0.261 e. The van der Waals surface area contributed by atoms with Crippen LogP contribution in [0.1, 0.15) is 11.4 Å². The Bertz CT molecular complexity index is 1220. The average molecular weight is 438 g/mol. The molecule has 1 heterocycles. The number of benzene rings is 3. The third kappa shape index (κ3) is 4.69. The molecule has 1 N–H and O–H groups in total. The minimum atomic E-state index is -3.61. The fraction of sp³-hybridized carbons (Fsp3) is 0.0952. The highest BCUT2D eigenvalue weighted by Crippen LogP contribution is 2.25. The summed E-state index contributed by atoms with van der Waals surface area (Å²) in [7, 11) is -3.61. The van der Waals surface area contributed by atoms with E-state index in [1.165, 1.54) is 0 Å². The SMILES string of the molecule is Cc1ccc(S(=O)(=O)Nc2ccc(SCc3nnnn3-c3ccccc3)cc2)cc1. The lowest BCUT2D eigenvalue weighted by molar-refractivity contribution is 0.601. The van der Waals surface area contributed by atoms with Gasteiger partial charge in [-0.3, -0.25) is 4.72 Å². The molecule has 0 saturated heterocycles. The van der Waals surface area contributed by atoms with Crippen molar-refractivity contribution in [1.82, 2.24) is 20.2 Å². The Labute approximate surface area is 179 Å². The summed E-state index contributed by atoms with van der Waals surface area (Å²) >= 11 is 1.57. The Morgan fingerprint density at radius 2 is 1.63 bits per heavy atom. The molecule has 0 saturated carbocycles. The molecule has 4 rings (SSSR count). The lowest BCUT2D eigenvalue weighted by Gasteiger charge is -2.09. The van der Waals surface area contributed by atoms with Gasteiger partial charge in [0.1, 0.15) is 0 Å². The summed E-state index contributed by atoms with van der Waals surface area (Å²) in [4.78, 5) is 1.22. The van der Waals surface area contributed by atoms with Crippen molar-refractivity contribution in [2.45, 2.75) is 22.5 Å². The molecule has 9 heteroatoms. The fourth-order valence-corrected chi connectivity index (χ4v) is 4.63. The lowest BCUT2D eigenvalue weighted by atomic mass is 10.2. The van der Waals surface area contributed by atoms with E-state index in [0.29, 0.717) is 11.4 Å². The molecule has 0 unspecified atom stereocenters. The number of nitrogens with zero attached hydrogens (tertiary/aromatic N) is 4. The van der Waals surface area contributed by atoms with Gasteiger partial charge < -0.3 is 0 Å². The summed E-state index contributed by atoms with van der Waals surface area (Å²) in [5.41, 5.74) is 2.42. The van der Waals surface area contributed by atoms with E-state index in [1.807, 2.05) is 49.4 Å². The summed E-state index contributed by atoms with van der Waals surface area (Å²) in [6, 6.07) is 23.7. The van der Waals surface area contributed by atoms with Crippen LogP contribution < -0.4 is 4.72 Å². The zero-order valence-corrected chi connectivity index (χ0v) is 17.8. The number of para-hydroxylation sites is 1. The van der Waals surface area contributed by atoms with Crippen LogP contribution in [0.2, 0.25) is 0 Å². The number of nitrogens with one attached hydrogen (secondary N) is 1. The highest BCUT2D eigenvalue weighted by atomic mass is 32.2. The van der Waals surface area contributed by atoms with Crippen LogP contribution in [-0.4, -0.2) is 28.6 Å². The number of rotatable bonds is 7. The first-order valence-electron chi connectivity index (χ1n) is 9.16. The molecule has 0 bridgehead atoms. The molecule has 0 fully saturated rings. The normalized spacial score (nSPS) is 11.4. The van der Waals surface area contributed by atoms with E-state index in [1.54, 1.807) is 52.8 Å². The van der Waals surface area contributed by atoms with Crippen LogP contribution in [0.4, 0.5) is 5.69 Å². The molecule has 1 aromatic heterocycles. The van der Waals surface area contributed by atoms with Crippen molar-refractivity contribution in [1.29, 1.82) is 0 Å². The highest BCUT2D eigenvalue weighted by molar-refractivity contribution is 7.98. The predicted molar refractivity (Wildman–Crippen MR) is 117 cm³/mol. The number of sulfonamides is 1. The molecule has 7 nitrogen and oxygen atoms in total. The van der Waals surface area contributed by atoms with Crippen molar-refractivity contribution in [2.24, 2.45) is 0 Å². The van der Waals surface area contributed by atoms with Crippen LogP contribution in [0.3, 0.4) is 0 Å². The van der Waals surface area contributed by atoms with Gasteiger partial charge in [-0.05, 0) is 65.9 Å². The Hall–Kier alpha value is -3.17. The number of thioether (sulfide) groups is 1. The summed E-state index contributed by atoms with van der Waals surface area (Å²) in [5, 5.41) is 11.9. The van der Waals surface area contributed by atoms with Gasteiger partial charge in [-0.25, -0.2) is 8.42 Å². The number of tetrazole rings is 1. The molecule has 152 valence electrons. The van der Waals surface area contributed by atoms with Gasteiger partial charge in [-0.1, -0.05) is 35.9 Å². The van der Waals surface area contributed by atoms with Gasteiger partial charge in [0.15, 0.2) is 5.82 Å². The van der Waals surface area contributed by atoms with Crippen molar-refractivity contribution in [2.75, 3.05) is 4.72 Å². The zero-order chi connectivity index (χ0) is 21.0. The van der Waals surface area contributed by atoms with Crippen LogP contribution >= 0.6 is 11.8 Å². The van der Waals surface area contributed by atoms with Crippen molar-refractivity contribution < 1.29 is 8.42 Å². The molecule has 30 heavy (non-hydrogen) atoms. The molecule has 0 spiro atoms. The van der Waals surface area contributed by atoms with E-state index in [9.17, 15) is 8.42 Å². The third-order valence-corrected chi connectivity index (χ3v) is 6.75. The van der Waals surface area contributed by atoms with E-state index < -0.39 is 10.0 Å². The Morgan fingerprint density at radius 3 is 2.33 bits per heavy atom. The maximum absolute atomic E-state index is 12.5. The zero-order valence-electron chi connectivity index (χ0n) is 16.1. The third-order valence-electron chi connectivity index (χ3n) is 4.34. The number of hydrogen-bond acceptors (Lipinski definition) is 6. The Balaban J connectivity index is 1.41. The molecule has 0 aliphatic heterocycles. The van der Waals surface area contributed by atoms with Gasteiger partial charge in [-0.15, -0.1) is 16.9 Å². The molecule has 0 aliphatic rings.